The quantitative estimate of drug-likeness (QED) is 0.836. The molecule has 0 spiro atoms. The zero-order chi connectivity index (χ0) is 14.7. The third-order valence-corrected chi connectivity index (χ3v) is 3.69. The minimum Gasteiger partial charge on any atom is -0.347 e. The van der Waals surface area contributed by atoms with E-state index < -0.39 is 0 Å². The largest absolute Gasteiger partial charge is 0.347 e. The van der Waals surface area contributed by atoms with E-state index in [9.17, 15) is 9.18 Å². The molecule has 2 rings (SSSR count). The highest BCUT2D eigenvalue weighted by Crippen LogP contribution is 2.18. The molecule has 1 aromatic heterocycles. The molecule has 0 saturated heterocycles. The summed E-state index contributed by atoms with van der Waals surface area (Å²) in [5.41, 5.74) is 1.10. The number of nitrogens with zero attached hydrogens (tertiary/aromatic N) is 2. The lowest BCUT2D eigenvalue weighted by Crippen LogP contribution is -2.31. The Morgan fingerprint density at radius 2 is 2.15 bits per heavy atom. The summed E-state index contributed by atoms with van der Waals surface area (Å²) in [6.45, 7) is 2.67. The van der Waals surface area contributed by atoms with E-state index >= 15 is 0 Å². The number of carbonyl (C=O) groups excluding carboxylic acids is 1. The first-order valence-corrected chi connectivity index (χ1v) is 7.16. The first-order valence-electron chi connectivity index (χ1n) is 6.37. The molecule has 0 atom stereocenters. The molecule has 3 nitrogen and oxygen atoms in total. The third-order valence-electron chi connectivity index (χ3n) is 3.20. The highest BCUT2D eigenvalue weighted by molar-refractivity contribution is 9.10. The Morgan fingerprint density at radius 1 is 1.40 bits per heavy atom. The van der Waals surface area contributed by atoms with E-state index in [-0.39, 0.29) is 18.3 Å². The second-order valence-electron chi connectivity index (χ2n) is 4.56. The molecule has 0 saturated carbocycles. The van der Waals surface area contributed by atoms with Crippen molar-refractivity contribution in [2.24, 2.45) is 7.05 Å². The molecule has 0 N–H and O–H groups in total. The van der Waals surface area contributed by atoms with Crippen molar-refractivity contribution >= 4 is 21.8 Å². The van der Waals surface area contributed by atoms with Gasteiger partial charge in [-0.2, -0.15) is 0 Å². The summed E-state index contributed by atoms with van der Waals surface area (Å²) in [4.78, 5) is 14.1. The molecule has 0 aliphatic carbocycles. The molecule has 0 bridgehead atoms. The van der Waals surface area contributed by atoms with Crippen LogP contribution in [0.5, 0.6) is 0 Å². The Labute approximate surface area is 126 Å². The van der Waals surface area contributed by atoms with Crippen LogP contribution in [0.3, 0.4) is 0 Å². The van der Waals surface area contributed by atoms with Gasteiger partial charge >= 0.3 is 0 Å². The van der Waals surface area contributed by atoms with Gasteiger partial charge in [0, 0.05) is 36.4 Å². The second kappa shape index (κ2) is 6.22. The van der Waals surface area contributed by atoms with E-state index in [2.05, 4.69) is 15.9 Å². The van der Waals surface area contributed by atoms with Crippen LogP contribution in [0.4, 0.5) is 4.39 Å². The number of hydrogen-bond acceptors (Lipinski definition) is 1. The molecule has 106 valence electrons. The van der Waals surface area contributed by atoms with Crippen LogP contribution < -0.4 is 0 Å². The third kappa shape index (κ3) is 3.10. The molecular weight excluding hydrogens is 323 g/mol. The van der Waals surface area contributed by atoms with Gasteiger partial charge in [0.25, 0.3) is 5.91 Å². The van der Waals surface area contributed by atoms with Gasteiger partial charge in [0.1, 0.15) is 11.5 Å². The number of aryl methyl sites for hydroxylation is 1. The number of amides is 1. The van der Waals surface area contributed by atoms with Crippen LogP contribution in [0.15, 0.2) is 41.0 Å². The van der Waals surface area contributed by atoms with Gasteiger partial charge in [-0.1, -0.05) is 15.9 Å². The zero-order valence-corrected chi connectivity index (χ0v) is 13.0. The number of hydrogen-bond donors (Lipinski definition) is 0. The smallest absolute Gasteiger partial charge is 0.270 e. The zero-order valence-electron chi connectivity index (χ0n) is 11.4. The predicted octanol–water partition coefficient (Wildman–Crippen LogP) is 3.59. The topological polar surface area (TPSA) is 25.2 Å². The number of benzene rings is 1. The minimum atomic E-state index is -0.300. The van der Waals surface area contributed by atoms with Gasteiger partial charge in [-0.05, 0) is 37.3 Å². The summed E-state index contributed by atoms with van der Waals surface area (Å²) in [5.74, 6) is -0.397. The van der Waals surface area contributed by atoms with Crippen LogP contribution in [-0.2, 0) is 13.6 Å². The molecule has 2 aromatic rings. The lowest BCUT2D eigenvalue weighted by molar-refractivity contribution is 0.0741. The maximum absolute atomic E-state index is 13.8. The van der Waals surface area contributed by atoms with Crippen molar-refractivity contribution in [3.8, 4) is 0 Å². The van der Waals surface area contributed by atoms with E-state index in [1.165, 1.54) is 6.07 Å². The summed E-state index contributed by atoms with van der Waals surface area (Å²) in [5, 5.41) is 0. The molecule has 1 amide bonds. The monoisotopic (exact) mass is 338 g/mol. The Hall–Kier alpha value is -1.62. The molecule has 1 aromatic carbocycles. The first kappa shape index (κ1) is 14.8. The molecule has 0 aliphatic heterocycles. The fraction of sp³-hybridized carbons (Fsp3) is 0.267. The number of aromatic nitrogens is 1. The normalized spacial score (nSPS) is 10.6. The fourth-order valence-electron chi connectivity index (χ4n) is 2.04. The van der Waals surface area contributed by atoms with Gasteiger partial charge in [0.2, 0.25) is 0 Å². The molecule has 0 fully saturated rings. The predicted molar refractivity (Wildman–Crippen MR) is 79.9 cm³/mol. The van der Waals surface area contributed by atoms with Crippen LogP contribution in [0.2, 0.25) is 0 Å². The van der Waals surface area contributed by atoms with Crippen molar-refractivity contribution in [1.82, 2.24) is 9.47 Å². The van der Waals surface area contributed by atoms with Gasteiger partial charge in [-0.15, -0.1) is 0 Å². The average Bonchev–Trinajstić information content (AvgIpc) is 2.85. The Kier molecular flexibility index (Phi) is 4.60. The Morgan fingerprint density at radius 3 is 2.75 bits per heavy atom. The minimum absolute atomic E-state index is 0.0978. The van der Waals surface area contributed by atoms with E-state index in [1.54, 1.807) is 27.7 Å². The molecule has 0 aliphatic rings. The SMILES string of the molecule is CCN(Cc1cc(Br)ccc1F)C(=O)c1cccn1C. The van der Waals surface area contributed by atoms with E-state index in [0.29, 0.717) is 17.8 Å². The maximum atomic E-state index is 13.8. The lowest BCUT2D eigenvalue weighted by atomic mass is 10.2. The molecule has 0 unspecified atom stereocenters. The van der Waals surface area contributed by atoms with E-state index in [0.717, 1.165) is 4.47 Å². The summed E-state index contributed by atoms with van der Waals surface area (Å²) in [6.07, 6.45) is 1.82. The van der Waals surface area contributed by atoms with Crippen molar-refractivity contribution < 1.29 is 9.18 Å². The molecule has 20 heavy (non-hydrogen) atoms. The molecule has 1 heterocycles. The Balaban J connectivity index is 2.23. The Bertz CT molecular complexity index is 624. The van der Waals surface area contributed by atoms with Gasteiger partial charge in [-0.3, -0.25) is 4.79 Å². The van der Waals surface area contributed by atoms with E-state index in [4.69, 9.17) is 0 Å². The lowest BCUT2D eigenvalue weighted by Gasteiger charge is -2.21. The van der Waals surface area contributed by atoms with Crippen molar-refractivity contribution in [3.63, 3.8) is 0 Å². The number of carbonyl (C=O) groups is 1. The van der Waals surface area contributed by atoms with Gasteiger partial charge in [-0.25, -0.2) is 4.39 Å². The van der Waals surface area contributed by atoms with Gasteiger partial charge in [0.05, 0.1) is 0 Å². The van der Waals surface area contributed by atoms with Crippen LogP contribution in [0.25, 0.3) is 0 Å². The highest BCUT2D eigenvalue weighted by atomic mass is 79.9. The highest BCUT2D eigenvalue weighted by Gasteiger charge is 2.18. The van der Waals surface area contributed by atoms with Crippen molar-refractivity contribution in [1.29, 1.82) is 0 Å². The van der Waals surface area contributed by atoms with Crippen LogP contribution in [-0.4, -0.2) is 21.9 Å². The van der Waals surface area contributed by atoms with Crippen molar-refractivity contribution in [3.05, 3.63) is 58.1 Å². The van der Waals surface area contributed by atoms with E-state index in [1.807, 2.05) is 26.2 Å². The summed E-state index contributed by atoms with van der Waals surface area (Å²) < 4.78 is 16.4. The summed E-state index contributed by atoms with van der Waals surface area (Å²) >= 11 is 3.32. The molecular formula is C15H16BrFN2O. The summed E-state index contributed by atoms with van der Waals surface area (Å²) in [6, 6.07) is 8.34. The fourth-order valence-corrected chi connectivity index (χ4v) is 2.45. The van der Waals surface area contributed by atoms with Gasteiger partial charge in [0.15, 0.2) is 0 Å². The van der Waals surface area contributed by atoms with Crippen LogP contribution in [0, 0.1) is 5.82 Å². The average molecular weight is 339 g/mol. The first-order chi connectivity index (χ1) is 9.52. The maximum Gasteiger partial charge on any atom is 0.270 e. The van der Waals surface area contributed by atoms with Crippen molar-refractivity contribution in [2.45, 2.75) is 13.5 Å². The number of rotatable bonds is 4. The van der Waals surface area contributed by atoms with Gasteiger partial charge < -0.3 is 9.47 Å². The number of halogens is 2. The molecule has 0 radical (unpaired) electrons. The summed E-state index contributed by atoms with van der Waals surface area (Å²) in [7, 11) is 1.82. The second-order valence-corrected chi connectivity index (χ2v) is 5.48. The molecule has 5 heteroatoms. The van der Waals surface area contributed by atoms with Crippen LogP contribution in [0.1, 0.15) is 23.0 Å². The van der Waals surface area contributed by atoms with Crippen LogP contribution >= 0.6 is 15.9 Å². The standard InChI is InChI=1S/C15H16BrFN2O/c1-3-19(15(20)14-5-4-8-18(14)2)10-11-9-12(16)6-7-13(11)17/h4-9H,3,10H2,1-2H3. The van der Waals surface area contributed by atoms with Crippen molar-refractivity contribution in [2.75, 3.05) is 6.54 Å².